The molecule has 0 aliphatic rings. The molecule has 0 saturated carbocycles. The van der Waals surface area contributed by atoms with Crippen LogP contribution >= 0.6 is 0 Å². The average Bonchev–Trinajstić information content (AvgIpc) is 2.93. The van der Waals surface area contributed by atoms with Crippen LogP contribution in [0.2, 0.25) is 0 Å². The topological polar surface area (TPSA) is 25.8 Å². The molecule has 0 aliphatic heterocycles. The van der Waals surface area contributed by atoms with Gasteiger partial charge < -0.3 is 9.97 Å². The fourth-order valence-electron chi connectivity index (χ4n) is 4.21. The van der Waals surface area contributed by atoms with E-state index in [-0.39, 0.29) is 25.5 Å². The van der Waals surface area contributed by atoms with Gasteiger partial charge in [-0.2, -0.15) is 0 Å². The van der Waals surface area contributed by atoms with E-state index in [2.05, 4.69) is 104 Å². The van der Waals surface area contributed by atoms with Crippen LogP contribution in [0.15, 0.2) is 116 Å². The number of rotatable bonds is 2. The first kappa shape index (κ1) is 26.4. The average molecular weight is 657 g/mol. The molecule has 1 radical (unpaired) electrons. The molecule has 2 aromatic heterocycles. The Morgan fingerprint density at radius 3 is 2.11 bits per heavy atom. The number of hydrogen-bond donors (Lipinski definition) is 0. The van der Waals surface area contributed by atoms with Crippen molar-refractivity contribution in [2.75, 3.05) is 0 Å². The van der Waals surface area contributed by atoms with Crippen LogP contribution in [-0.4, -0.2) is 9.97 Å². The Labute approximate surface area is 232 Å². The number of pyridine rings is 2. The van der Waals surface area contributed by atoms with Gasteiger partial charge in [-0.25, -0.2) is 0 Å². The normalized spacial score (nSPS) is 10.9. The van der Waals surface area contributed by atoms with Crippen molar-refractivity contribution in [3.8, 4) is 22.5 Å². The first-order chi connectivity index (χ1) is 17.5. The minimum absolute atomic E-state index is 0. The van der Waals surface area contributed by atoms with E-state index in [0.717, 1.165) is 22.5 Å². The number of aromatic nitrogens is 2. The molecule has 0 bridgehead atoms. The second-order valence-electron chi connectivity index (χ2n) is 9.81. The SMILES string of the molecule is CC(C)(C)c1ccnc(-c2[c-]cc3c(ccc4ccccc43)c2)c1.[Ir].[c-]1ccccc1-c1ccccn1. The third-order valence-electron chi connectivity index (χ3n) is 6.23. The first-order valence-electron chi connectivity index (χ1n) is 12.2. The van der Waals surface area contributed by atoms with E-state index in [1.54, 1.807) is 6.20 Å². The van der Waals surface area contributed by atoms with Crippen molar-refractivity contribution in [2.24, 2.45) is 0 Å². The van der Waals surface area contributed by atoms with Gasteiger partial charge in [-0.1, -0.05) is 86.1 Å². The van der Waals surface area contributed by atoms with Gasteiger partial charge in [0.25, 0.3) is 0 Å². The van der Waals surface area contributed by atoms with Crippen LogP contribution in [0, 0.1) is 12.1 Å². The number of fused-ring (bicyclic) bond motifs is 3. The predicted octanol–water partition coefficient (Wildman–Crippen LogP) is 8.70. The maximum atomic E-state index is 4.56. The summed E-state index contributed by atoms with van der Waals surface area (Å²) < 4.78 is 0. The zero-order chi connectivity index (χ0) is 25.0. The second-order valence-corrected chi connectivity index (χ2v) is 9.81. The Morgan fingerprint density at radius 2 is 1.35 bits per heavy atom. The van der Waals surface area contributed by atoms with Crippen molar-refractivity contribution in [1.82, 2.24) is 9.97 Å². The molecule has 0 unspecified atom stereocenters. The third kappa shape index (κ3) is 6.20. The summed E-state index contributed by atoms with van der Waals surface area (Å²) in [5.41, 5.74) is 5.45. The molecule has 0 N–H and O–H groups in total. The van der Waals surface area contributed by atoms with Gasteiger partial charge in [0.2, 0.25) is 0 Å². The molecule has 3 heteroatoms. The van der Waals surface area contributed by atoms with E-state index >= 15 is 0 Å². The number of nitrogens with zero attached hydrogens (tertiary/aromatic N) is 2. The van der Waals surface area contributed by atoms with Crippen LogP contribution in [0.4, 0.5) is 0 Å². The van der Waals surface area contributed by atoms with E-state index in [1.807, 2.05) is 48.7 Å². The van der Waals surface area contributed by atoms with Crippen molar-refractivity contribution in [3.05, 3.63) is 133 Å². The Kier molecular flexibility index (Phi) is 8.28. The maximum Gasteiger partial charge on any atom is 0.0163 e. The standard InChI is InChI=1S/C23H20N.C11H8N.Ir/c1-23(2,3)19-12-13-24-22(15-19)18-10-11-21-17(14-18)9-8-16-6-4-5-7-20(16)21;1-2-6-10(7-3-1)11-8-4-5-9-12-11;/h4-9,11-15H,1-3H3;1-6,8-9H;/q2*-1;. The van der Waals surface area contributed by atoms with Gasteiger partial charge in [-0.05, 0) is 39.9 Å². The summed E-state index contributed by atoms with van der Waals surface area (Å²) in [5, 5.41) is 5.00. The van der Waals surface area contributed by atoms with Crippen LogP contribution in [0.1, 0.15) is 26.3 Å². The van der Waals surface area contributed by atoms with Crippen LogP contribution in [0.25, 0.3) is 44.1 Å². The summed E-state index contributed by atoms with van der Waals surface area (Å²) in [7, 11) is 0. The summed E-state index contributed by atoms with van der Waals surface area (Å²) in [6.07, 6.45) is 3.69. The van der Waals surface area contributed by atoms with Crippen molar-refractivity contribution in [1.29, 1.82) is 0 Å². The zero-order valence-corrected chi connectivity index (χ0v) is 23.6. The molecule has 0 saturated heterocycles. The van der Waals surface area contributed by atoms with Gasteiger partial charge in [0.05, 0.1) is 0 Å². The van der Waals surface area contributed by atoms with E-state index in [0.29, 0.717) is 0 Å². The van der Waals surface area contributed by atoms with Gasteiger partial charge in [-0.15, -0.1) is 65.0 Å². The van der Waals surface area contributed by atoms with E-state index in [4.69, 9.17) is 0 Å². The quantitative estimate of drug-likeness (QED) is 0.138. The Morgan fingerprint density at radius 1 is 0.595 bits per heavy atom. The molecule has 4 aromatic carbocycles. The number of benzene rings is 4. The number of hydrogen-bond acceptors (Lipinski definition) is 2. The van der Waals surface area contributed by atoms with Gasteiger partial charge in [0, 0.05) is 32.5 Å². The minimum atomic E-state index is 0. The Bertz CT molecular complexity index is 1570. The van der Waals surface area contributed by atoms with E-state index in [1.165, 1.54) is 27.1 Å². The van der Waals surface area contributed by atoms with E-state index < -0.39 is 0 Å². The monoisotopic (exact) mass is 657 g/mol. The summed E-state index contributed by atoms with van der Waals surface area (Å²) in [4.78, 5) is 8.78. The smallest absolute Gasteiger partial charge is 0.0163 e. The Balaban J connectivity index is 0.000000208. The zero-order valence-electron chi connectivity index (χ0n) is 21.2. The van der Waals surface area contributed by atoms with Crippen molar-refractivity contribution >= 4 is 21.5 Å². The van der Waals surface area contributed by atoms with Gasteiger partial charge in [0.1, 0.15) is 0 Å². The summed E-state index contributed by atoms with van der Waals surface area (Å²) in [5.74, 6) is 0. The molecular formula is C34H28IrN2-2. The molecule has 2 heterocycles. The van der Waals surface area contributed by atoms with Gasteiger partial charge in [0.15, 0.2) is 0 Å². The van der Waals surface area contributed by atoms with Gasteiger partial charge >= 0.3 is 0 Å². The van der Waals surface area contributed by atoms with Crippen molar-refractivity contribution in [2.45, 2.75) is 26.2 Å². The maximum absolute atomic E-state index is 4.56. The minimum Gasteiger partial charge on any atom is -0.305 e. The molecular weight excluding hydrogens is 629 g/mol. The molecule has 37 heavy (non-hydrogen) atoms. The second kappa shape index (κ2) is 11.6. The van der Waals surface area contributed by atoms with Crippen LogP contribution in [0.5, 0.6) is 0 Å². The first-order valence-corrected chi connectivity index (χ1v) is 12.2. The molecule has 6 aromatic rings. The molecule has 0 spiro atoms. The van der Waals surface area contributed by atoms with E-state index in [9.17, 15) is 0 Å². The predicted molar refractivity (Wildman–Crippen MR) is 151 cm³/mol. The molecule has 0 fully saturated rings. The fourth-order valence-corrected chi connectivity index (χ4v) is 4.21. The van der Waals surface area contributed by atoms with Crippen molar-refractivity contribution < 1.29 is 20.1 Å². The molecule has 6 rings (SSSR count). The summed E-state index contributed by atoms with van der Waals surface area (Å²) in [6.45, 7) is 6.67. The summed E-state index contributed by atoms with van der Waals surface area (Å²) in [6, 6.07) is 41.7. The molecule has 2 nitrogen and oxygen atoms in total. The van der Waals surface area contributed by atoms with Crippen molar-refractivity contribution in [3.63, 3.8) is 0 Å². The molecule has 185 valence electrons. The van der Waals surface area contributed by atoms with Gasteiger partial charge in [-0.3, -0.25) is 0 Å². The summed E-state index contributed by atoms with van der Waals surface area (Å²) >= 11 is 0. The fraction of sp³-hybridized carbons (Fsp3) is 0.118. The van der Waals surface area contributed by atoms with Crippen LogP contribution in [0.3, 0.4) is 0 Å². The molecule has 0 amide bonds. The molecule has 0 atom stereocenters. The largest absolute Gasteiger partial charge is 0.305 e. The Hall–Kier alpha value is -3.65. The molecule has 0 aliphatic carbocycles. The van der Waals surface area contributed by atoms with Crippen LogP contribution in [-0.2, 0) is 25.5 Å². The third-order valence-corrected chi connectivity index (χ3v) is 6.23. The van der Waals surface area contributed by atoms with Crippen LogP contribution < -0.4 is 0 Å².